The maximum atomic E-state index is 6.14. The van der Waals surface area contributed by atoms with Crippen molar-refractivity contribution in [2.45, 2.75) is 0 Å². The number of rotatable bonds is 2. The molecule has 0 spiro atoms. The summed E-state index contributed by atoms with van der Waals surface area (Å²) in [5.41, 5.74) is 6.32. The van der Waals surface area contributed by atoms with Gasteiger partial charge in [-0.3, -0.25) is 8.97 Å². The molecular formula is C29H17N5O. The van der Waals surface area contributed by atoms with E-state index < -0.39 is 0 Å². The lowest BCUT2D eigenvalue weighted by Crippen LogP contribution is -2.03. The van der Waals surface area contributed by atoms with Crippen LogP contribution in [0, 0.1) is 0 Å². The molecule has 0 aliphatic carbocycles. The monoisotopic (exact) mass is 451 g/mol. The Labute approximate surface area is 198 Å². The SMILES string of the molecule is c1ccc(-c2nc(-n3c4ccccc4n4c5c(nc34)oc3ccccc35)c3ccccc3n2)cc1. The van der Waals surface area contributed by atoms with Gasteiger partial charge >= 0.3 is 0 Å². The minimum absolute atomic E-state index is 0.613. The van der Waals surface area contributed by atoms with Gasteiger partial charge in [0.15, 0.2) is 11.6 Å². The highest BCUT2D eigenvalue weighted by Crippen LogP contribution is 2.35. The maximum Gasteiger partial charge on any atom is 0.248 e. The van der Waals surface area contributed by atoms with Crippen LogP contribution in [0.2, 0.25) is 0 Å². The predicted molar refractivity (Wildman–Crippen MR) is 138 cm³/mol. The molecule has 0 radical (unpaired) electrons. The molecule has 6 heteroatoms. The quantitative estimate of drug-likeness (QED) is 0.290. The Hall–Kier alpha value is -4.97. The maximum absolute atomic E-state index is 6.14. The van der Waals surface area contributed by atoms with Gasteiger partial charge in [-0.05, 0) is 36.4 Å². The van der Waals surface area contributed by atoms with Crippen LogP contribution in [-0.4, -0.2) is 23.9 Å². The molecule has 0 bridgehead atoms. The van der Waals surface area contributed by atoms with E-state index in [2.05, 4.69) is 33.2 Å². The summed E-state index contributed by atoms with van der Waals surface area (Å²) >= 11 is 0. The first-order valence-corrected chi connectivity index (χ1v) is 11.5. The molecule has 0 atom stereocenters. The van der Waals surface area contributed by atoms with Gasteiger partial charge in [0.2, 0.25) is 11.5 Å². The minimum Gasteiger partial charge on any atom is -0.436 e. The second kappa shape index (κ2) is 6.77. The minimum atomic E-state index is 0.613. The molecule has 8 aromatic rings. The third kappa shape index (κ3) is 2.50. The third-order valence-corrected chi connectivity index (χ3v) is 6.57. The van der Waals surface area contributed by atoms with Crippen LogP contribution in [0.25, 0.3) is 67.1 Å². The van der Waals surface area contributed by atoms with Gasteiger partial charge in [-0.25, -0.2) is 9.97 Å². The van der Waals surface area contributed by atoms with Crippen LogP contribution in [0.3, 0.4) is 0 Å². The standard InChI is InChI=1S/C29H17N5O/c1-2-10-18(11-3-1)26-30-21-14-6-4-12-19(21)27(31-26)34-23-16-8-7-15-22(23)33-25-20-13-5-9-17-24(20)35-28(25)32-29(33)34/h1-17H. The van der Waals surface area contributed by atoms with Crippen molar-refractivity contribution in [2.75, 3.05) is 0 Å². The molecule has 164 valence electrons. The summed E-state index contributed by atoms with van der Waals surface area (Å²) in [5, 5.41) is 2.00. The van der Waals surface area contributed by atoms with Crippen LogP contribution in [-0.2, 0) is 0 Å². The lowest BCUT2D eigenvalue weighted by molar-refractivity contribution is 0.656. The highest BCUT2D eigenvalue weighted by atomic mass is 16.3. The average Bonchev–Trinajstić information content (AvgIpc) is 3.55. The van der Waals surface area contributed by atoms with Gasteiger partial charge in [-0.2, -0.15) is 4.98 Å². The smallest absolute Gasteiger partial charge is 0.248 e. The first-order valence-electron chi connectivity index (χ1n) is 11.5. The van der Waals surface area contributed by atoms with Gasteiger partial charge in [0.25, 0.3) is 0 Å². The normalized spacial score (nSPS) is 12.0. The number of benzene rings is 4. The van der Waals surface area contributed by atoms with E-state index in [-0.39, 0.29) is 0 Å². The van der Waals surface area contributed by atoms with Gasteiger partial charge in [-0.1, -0.05) is 66.7 Å². The Morgan fingerprint density at radius 1 is 0.600 bits per heavy atom. The second-order valence-electron chi connectivity index (χ2n) is 8.58. The lowest BCUT2D eigenvalue weighted by Gasteiger charge is -2.11. The van der Waals surface area contributed by atoms with Gasteiger partial charge in [0.05, 0.1) is 16.6 Å². The Bertz CT molecular complexity index is 2060. The van der Waals surface area contributed by atoms with Crippen LogP contribution in [0.4, 0.5) is 0 Å². The predicted octanol–water partition coefficient (Wildman–Crippen LogP) is 6.79. The molecule has 35 heavy (non-hydrogen) atoms. The zero-order valence-corrected chi connectivity index (χ0v) is 18.5. The van der Waals surface area contributed by atoms with Crippen LogP contribution in [0.15, 0.2) is 108 Å². The third-order valence-electron chi connectivity index (χ3n) is 6.57. The summed E-state index contributed by atoms with van der Waals surface area (Å²) in [6.45, 7) is 0. The fourth-order valence-corrected chi connectivity index (χ4v) is 5.04. The van der Waals surface area contributed by atoms with Gasteiger partial charge in [0, 0.05) is 16.3 Å². The first-order chi connectivity index (χ1) is 17.4. The molecule has 4 aromatic heterocycles. The van der Waals surface area contributed by atoms with Gasteiger partial charge in [-0.15, -0.1) is 0 Å². The largest absolute Gasteiger partial charge is 0.436 e. The fraction of sp³-hybridized carbons (Fsp3) is 0. The van der Waals surface area contributed by atoms with Crippen molar-refractivity contribution in [3.63, 3.8) is 0 Å². The molecule has 0 fully saturated rings. The van der Waals surface area contributed by atoms with Crippen molar-refractivity contribution in [1.82, 2.24) is 23.9 Å². The summed E-state index contributed by atoms with van der Waals surface area (Å²) < 4.78 is 10.4. The molecule has 0 saturated heterocycles. The number of hydrogen-bond donors (Lipinski definition) is 0. The zero-order valence-electron chi connectivity index (χ0n) is 18.5. The molecule has 6 nitrogen and oxygen atoms in total. The van der Waals surface area contributed by atoms with Crippen molar-refractivity contribution in [3.8, 4) is 17.2 Å². The summed E-state index contributed by atoms with van der Waals surface area (Å²) in [5.74, 6) is 2.22. The topological polar surface area (TPSA) is 61.2 Å². The molecule has 0 aliphatic rings. The Kier molecular flexibility index (Phi) is 3.57. The van der Waals surface area contributed by atoms with Crippen molar-refractivity contribution < 1.29 is 4.42 Å². The number of imidazole rings is 2. The number of fused-ring (bicyclic) bond motifs is 8. The van der Waals surface area contributed by atoms with E-state index >= 15 is 0 Å². The molecule has 0 aliphatic heterocycles. The van der Waals surface area contributed by atoms with E-state index in [1.54, 1.807) is 0 Å². The van der Waals surface area contributed by atoms with Crippen LogP contribution in [0.1, 0.15) is 0 Å². The van der Waals surface area contributed by atoms with E-state index in [1.165, 1.54) is 0 Å². The number of hydrogen-bond acceptors (Lipinski definition) is 4. The fourth-order valence-electron chi connectivity index (χ4n) is 5.04. The highest BCUT2D eigenvalue weighted by Gasteiger charge is 2.23. The average molecular weight is 451 g/mol. The molecular weight excluding hydrogens is 434 g/mol. The molecule has 4 heterocycles. The van der Waals surface area contributed by atoms with Crippen LogP contribution < -0.4 is 0 Å². The first kappa shape index (κ1) is 18.5. The summed E-state index contributed by atoms with van der Waals surface area (Å²) in [7, 11) is 0. The lowest BCUT2D eigenvalue weighted by atomic mass is 10.2. The van der Waals surface area contributed by atoms with Crippen LogP contribution >= 0.6 is 0 Å². The molecule has 0 saturated carbocycles. The molecule has 8 rings (SSSR count). The Balaban J connectivity index is 1.56. The van der Waals surface area contributed by atoms with E-state index in [4.69, 9.17) is 19.4 Å². The van der Waals surface area contributed by atoms with Gasteiger partial charge in [0.1, 0.15) is 11.1 Å². The van der Waals surface area contributed by atoms with E-state index in [9.17, 15) is 0 Å². The number of nitrogens with zero attached hydrogens (tertiary/aromatic N) is 5. The molecule has 4 aromatic carbocycles. The van der Waals surface area contributed by atoms with Crippen molar-refractivity contribution in [3.05, 3.63) is 103 Å². The van der Waals surface area contributed by atoms with Gasteiger partial charge < -0.3 is 4.42 Å². The van der Waals surface area contributed by atoms with Crippen molar-refractivity contribution in [2.24, 2.45) is 0 Å². The highest BCUT2D eigenvalue weighted by molar-refractivity contribution is 6.06. The number of para-hydroxylation sites is 4. The summed E-state index contributed by atoms with van der Waals surface area (Å²) in [6.07, 6.45) is 0. The van der Waals surface area contributed by atoms with Crippen LogP contribution in [0.5, 0.6) is 0 Å². The molecule has 0 N–H and O–H groups in total. The summed E-state index contributed by atoms with van der Waals surface area (Å²) in [4.78, 5) is 15.0. The molecule has 0 amide bonds. The zero-order chi connectivity index (χ0) is 22.9. The van der Waals surface area contributed by atoms with Crippen molar-refractivity contribution in [1.29, 1.82) is 0 Å². The van der Waals surface area contributed by atoms with E-state index in [0.29, 0.717) is 11.5 Å². The summed E-state index contributed by atoms with van der Waals surface area (Å²) in [6, 6.07) is 34.6. The van der Waals surface area contributed by atoms with Crippen molar-refractivity contribution >= 4 is 49.9 Å². The number of aromatic nitrogens is 5. The van der Waals surface area contributed by atoms with E-state index in [0.717, 1.165) is 55.6 Å². The van der Waals surface area contributed by atoms with E-state index in [1.807, 2.05) is 78.9 Å². The number of furan rings is 1. The Morgan fingerprint density at radius 2 is 1.31 bits per heavy atom. The Morgan fingerprint density at radius 3 is 2.20 bits per heavy atom. The molecule has 0 unspecified atom stereocenters. The second-order valence-corrected chi connectivity index (χ2v) is 8.58.